The van der Waals surface area contributed by atoms with Crippen LogP contribution < -0.4 is 19.6 Å². The van der Waals surface area contributed by atoms with Crippen LogP contribution in [0.1, 0.15) is 41.6 Å². The molecule has 39 heavy (non-hydrogen) atoms. The maximum atomic E-state index is 13.8. The van der Waals surface area contributed by atoms with Crippen LogP contribution in [0.15, 0.2) is 86.1 Å². The van der Waals surface area contributed by atoms with Crippen LogP contribution in [0.2, 0.25) is 0 Å². The highest BCUT2D eigenvalue weighted by Gasteiger charge is 2.35. The molecule has 1 aliphatic rings. The lowest BCUT2D eigenvalue weighted by atomic mass is 9.95. The summed E-state index contributed by atoms with van der Waals surface area (Å²) in [7, 11) is 1.53. The van der Waals surface area contributed by atoms with Crippen molar-refractivity contribution in [2.24, 2.45) is 4.99 Å². The molecule has 2 aromatic heterocycles. The van der Waals surface area contributed by atoms with Crippen molar-refractivity contribution in [1.29, 1.82) is 0 Å². The molecule has 0 fully saturated rings. The van der Waals surface area contributed by atoms with Crippen molar-refractivity contribution in [1.82, 2.24) is 4.57 Å². The zero-order chi connectivity index (χ0) is 27.7. The van der Waals surface area contributed by atoms with Crippen molar-refractivity contribution in [3.05, 3.63) is 109 Å². The number of hydrogen-bond acceptors (Lipinski definition) is 8. The molecule has 9 nitrogen and oxygen atoms in total. The standard InChI is InChI=1S/C29H24N2O7S/c1-4-37-28(35)24-16(2)30-29-31(25(24)20-7-5-6-8-22(20)36-3)26(32)23(39-29)15-19-13-14-21(38-19)17-9-11-18(12-10-17)27(33)34/h5-15,25H,4H2,1-3H3,(H,33,34)/b23-15+/t25-/m1/s1. The van der Waals surface area contributed by atoms with Crippen LogP contribution in [0.3, 0.4) is 0 Å². The van der Waals surface area contributed by atoms with E-state index in [0.717, 1.165) is 0 Å². The number of thiazole rings is 1. The fourth-order valence-corrected chi connectivity index (χ4v) is 5.50. The highest BCUT2D eigenvalue weighted by atomic mass is 32.1. The number of para-hydroxylation sites is 1. The fraction of sp³-hybridized carbons (Fsp3) is 0.172. The quantitative estimate of drug-likeness (QED) is 0.352. The van der Waals surface area contributed by atoms with Gasteiger partial charge < -0.3 is 19.0 Å². The van der Waals surface area contributed by atoms with E-state index in [-0.39, 0.29) is 23.3 Å². The maximum Gasteiger partial charge on any atom is 0.338 e. The molecule has 0 saturated carbocycles. The van der Waals surface area contributed by atoms with Gasteiger partial charge in [0.1, 0.15) is 23.3 Å². The molecule has 4 aromatic rings. The normalized spacial score (nSPS) is 15.1. The average Bonchev–Trinajstić information content (AvgIpc) is 3.52. The van der Waals surface area contributed by atoms with Crippen molar-refractivity contribution >= 4 is 29.4 Å². The zero-order valence-electron chi connectivity index (χ0n) is 21.3. The lowest BCUT2D eigenvalue weighted by Crippen LogP contribution is -2.40. The number of furan rings is 1. The molecule has 5 rings (SSSR count). The van der Waals surface area contributed by atoms with E-state index >= 15 is 0 Å². The number of hydrogen-bond donors (Lipinski definition) is 1. The van der Waals surface area contributed by atoms with E-state index in [1.807, 2.05) is 18.2 Å². The third kappa shape index (κ3) is 4.82. The van der Waals surface area contributed by atoms with Gasteiger partial charge in [-0.05, 0) is 44.2 Å². The van der Waals surface area contributed by atoms with Gasteiger partial charge in [0.25, 0.3) is 5.56 Å². The van der Waals surface area contributed by atoms with Gasteiger partial charge in [-0.15, -0.1) is 0 Å². The molecule has 0 bridgehead atoms. The summed E-state index contributed by atoms with van der Waals surface area (Å²) in [6, 6.07) is 16.2. The van der Waals surface area contributed by atoms with Crippen molar-refractivity contribution < 1.29 is 28.6 Å². The van der Waals surface area contributed by atoms with Gasteiger partial charge in [-0.2, -0.15) is 0 Å². The minimum absolute atomic E-state index is 0.175. The Bertz CT molecular complexity index is 1790. The van der Waals surface area contributed by atoms with Gasteiger partial charge in [0.05, 0.1) is 35.1 Å². The van der Waals surface area contributed by atoms with Crippen molar-refractivity contribution in [3.8, 4) is 17.1 Å². The van der Waals surface area contributed by atoms with Crippen molar-refractivity contribution in [3.63, 3.8) is 0 Å². The third-order valence-electron chi connectivity index (χ3n) is 6.27. The van der Waals surface area contributed by atoms with Gasteiger partial charge in [0.15, 0.2) is 4.80 Å². The number of aromatic nitrogens is 1. The number of nitrogens with zero attached hydrogens (tertiary/aromatic N) is 2. The average molecular weight is 545 g/mol. The number of carboxylic acids is 1. The minimum atomic E-state index is -1.01. The predicted octanol–water partition coefficient (Wildman–Crippen LogP) is 3.77. The molecule has 1 aliphatic heterocycles. The Kier molecular flexibility index (Phi) is 7.03. The number of carboxylic acid groups (broad SMARTS) is 1. The number of rotatable bonds is 7. The SMILES string of the molecule is CCOC(=O)C1=C(C)N=c2s/c(=C/c3ccc(-c4ccc(C(=O)O)cc4)o3)c(=O)n2[C@@H]1c1ccccc1OC. The van der Waals surface area contributed by atoms with Gasteiger partial charge >= 0.3 is 11.9 Å². The van der Waals surface area contributed by atoms with E-state index < -0.39 is 18.0 Å². The summed E-state index contributed by atoms with van der Waals surface area (Å²) in [5, 5.41) is 9.12. The number of fused-ring (bicyclic) bond motifs is 1. The smallest absolute Gasteiger partial charge is 0.338 e. The molecule has 198 valence electrons. The first kappa shape index (κ1) is 25.9. The molecule has 0 unspecified atom stereocenters. The molecular weight excluding hydrogens is 520 g/mol. The first-order chi connectivity index (χ1) is 18.8. The second-order valence-electron chi connectivity index (χ2n) is 8.63. The summed E-state index contributed by atoms with van der Waals surface area (Å²) < 4.78 is 18.7. The molecule has 10 heteroatoms. The summed E-state index contributed by atoms with van der Waals surface area (Å²) in [6.07, 6.45) is 1.63. The summed E-state index contributed by atoms with van der Waals surface area (Å²) in [4.78, 5) is 43.0. The highest BCUT2D eigenvalue weighted by Crippen LogP contribution is 2.35. The summed E-state index contributed by atoms with van der Waals surface area (Å²) in [6.45, 7) is 3.62. The Balaban J connectivity index is 1.62. The monoisotopic (exact) mass is 544 g/mol. The van der Waals surface area contributed by atoms with Crippen LogP contribution >= 0.6 is 11.3 Å². The van der Waals surface area contributed by atoms with Gasteiger partial charge in [-0.25, -0.2) is 14.6 Å². The second-order valence-corrected chi connectivity index (χ2v) is 9.64. The van der Waals surface area contributed by atoms with Gasteiger partial charge in [-0.1, -0.05) is 41.7 Å². The lowest BCUT2D eigenvalue weighted by Gasteiger charge is -2.25. The lowest BCUT2D eigenvalue weighted by molar-refractivity contribution is -0.139. The van der Waals surface area contributed by atoms with Crippen LogP contribution in [-0.4, -0.2) is 35.3 Å². The number of ether oxygens (including phenoxy) is 2. The number of esters is 1. The zero-order valence-corrected chi connectivity index (χ0v) is 22.2. The Morgan fingerprint density at radius 2 is 1.87 bits per heavy atom. The molecule has 0 amide bonds. The number of carbonyl (C=O) groups excluding carboxylic acids is 1. The highest BCUT2D eigenvalue weighted by molar-refractivity contribution is 7.07. The van der Waals surface area contributed by atoms with Crippen LogP contribution in [0.25, 0.3) is 17.4 Å². The van der Waals surface area contributed by atoms with Crippen LogP contribution in [0.4, 0.5) is 0 Å². The van der Waals surface area contributed by atoms with Gasteiger partial charge in [-0.3, -0.25) is 9.36 Å². The Hall–Kier alpha value is -4.70. The van der Waals surface area contributed by atoms with E-state index in [0.29, 0.717) is 43.4 Å². The van der Waals surface area contributed by atoms with Crippen LogP contribution in [0, 0.1) is 0 Å². The number of allylic oxidation sites excluding steroid dienone is 1. The van der Waals surface area contributed by atoms with Crippen LogP contribution in [-0.2, 0) is 9.53 Å². The topological polar surface area (TPSA) is 120 Å². The van der Waals surface area contributed by atoms with E-state index in [9.17, 15) is 14.4 Å². The second kappa shape index (κ2) is 10.6. The first-order valence-electron chi connectivity index (χ1n) is 12.1. The molecule has 1 atom stereocenters. The number of aromatic carboxylic acids is 1. The molecule has 2 aromatic carbocycles. The van der Waals surface area contributed by atoms with Crippen molar-refractivity contribution in [2.45, 2.75) is 19.9 Å². The van der Waals surface area contributed by atoms with Gasteiger partial charge in [0, 0.05) is 17.2 Å². The Morgan fingerprint density at radius 1 is 1.13 bits per heavy atom. The molecular formula is C29H24N2O7S. The predicted molar refractivity (Wildman–Crippen MR) is 144 cm³/mol. The molecule has 3 heterocycles. The number of methoxy groups -OCH3 is 1. The molecule has 0 radical (unpaired) electrons. The summed E-state index contributed by atoms with van der Waals surface area (Å²) in [5.41, 5.74) is 1.90. The largest absolute Gasteiger partial charge is 0.496 e. The minimum Gasteiger partial charge on any atom is -0.496 e. The first-order valence-corrected chi connectivity index (χ1v) is 12.9. The Morgan fingerprint density at radius 3 is 2.56 bits per heavy atom. The summed E-state index contributed by atoms with van der Waals surface area (Å²) >= 11 is 1.19. The third-order valence-corrected chi connectivity index (χ3v) is 7.25. The van der Waals surface area contributed by atoms with E-state index in [4.69, 9.17) is 19.0 Å². The number of carbonyl (C=O) groups is 2. The number of benzene rings is 2. The summed E-state index contributed by atoms with van der Waals surface area (Å²) in [5.74, 6) is -0.0670. The molecule has 1 N–H and O–H groups in total. The Labute approximate surface area is 226 Å². The molecule has 0 aliphatic carbocycles. The fourth-order valence-electron chi connectivity index (χ4n) is 4.47. The van der Waals surface area contributed by atoms with Crippen LogP contribution in [0.5, 0.6) is 5.75 Å². The van der Waals surface area contributed by atoms with E-state index in [2.05, 4.69) is 4.99 Å². The maximum absolute atomic E-state index is 13.8. The van der Waals surface area contributed by atoms with Crippen molar-refractivity contribution in [2.75, 3.05) is 13.7 Å². The molecule has 0 spiro atoms. The molecule has 0 saturated heterocycles. The van der Waals surface area contributed by atoms with E-state index in [1.165, 1.54) is 35.1 Å². The van der Waals surface area contributed by atoms with Gasteiger partial charge in [0.2, 0.25) is 0 Å². The van der Waals surface area contributed by atoms with E-state index in [1.54, 1.807) is 50.3 Å².